The lowest BCUT2D eigenvalue weighted by atomic mass is 10.00. The molecule has 3 aromatic heterocycles. The third-order valence-corrected chi connectivity index (χ3v) is 9.64. The second-order valence-corrected chi connectivity index (χ2v) is 12.2. The molecule has 0 aliphatic carbocycles. The fourth-order valence-corrected chi connectivity index (χ4v) is 7.57. The zero-order chi connectivity index (χ0) is 30.9. The molecule has 0 bridgehead atoms. The Hall–Kier alpha value is -6.32. The Morgan fingerprint density at radius 1 is 0.340 bits per heavy atom. The van der Waals surface area contributed by atoms with Crippen molar-refractivity contribution in [3.63, 3.8) is 0 Å². The third kappa shape index (κ3) is 3.81. The van der Waals surface area contributed by atoms with Crippen LogP contribution in [0.5, 0.6) is 0 Å². The van der Waals surface area contributed by atoms with Crippen molar-refractivity contribution in [3.8, 4) is 22.3 Å². The molecule has 0 aliphatic heterocycles. The molecule has 0 N–H and O–H groups in total. The molecule has 3 heterocycles. The van der Waals surface area contributed by atoms with Crippen LogP contribution in [0.2, 0.25) is 0 Å². The minimum Gasteiger partial charge on any atom is -0.308 e. The lowest BCUT2D eigenvalue weighted by Gasteiger charge is -2.26. The first kappa shape index (κ1) is 26.0. The van der Waals surface area contributed by atoms with Gasteiger partial charge >= 0.3 is 0 Å². The van der Waals surface area contributed by atoms with Crippen molar-refractivity contribution in [2.24, 2.45) is 0 Å². The monoisotopic (exact) mass is 599 g/mol. The molecule has 0 spiro atoms. The number of aromatic nitrogens is 2. The Bertz CT molecular complexity index is 2690. The molecular weight excluding hydrogens is 571 g/mol. The van der Waals surface area contributed by atoms with Gasteiger partial charge < -0.3 is 4.90 Å². The summed E-state index contributed by atoms with van der Waals surface area (Å²) < 4.78 is 4.92. The van der Waals surface area contributed by atoms with E-state index in [0.717, 1.165) is 17.1 Å². The largest absolute Gasteiger partial charge is 0.308 e. The first-order valence-corrected chi connectivity index (χ1v) is 16.1. The van der Waals surface area contributed by atoms with Gasteiger partial charge in [0.05, 0.1) is 27.8 Å². The van der Waals surface area contributed by atoms with Crippen LogP contribution in [0.15, 0.2) is 176 Å². The predicted molar refractivity (Wildman–Crippen MR) is 198 cm³/mol. The SMILES string of the molecule is c1ccc(-c2ccc(-c3ccc(N(c4ccccc4)c4cccc5c6c7ccccc7n7c8ccccc8n(c45)c67)cc3)cc2)cc1. The first-order chi connectivity index (χ1) is 23.3. The number of fused-ring (bicyclic) bond motifs is 9. The van der Waals surface area contributed by atoms with Crippen LogP contribution in [0.25, 0.3) is 66.1 Å². The highest BCUT2D eigenvalue weighted by Gasteiger charge is 2.26. The maximum absolute atomic E-state index is 2.48. The van der Waals surface area contributed by atoms with Crippen molar-refractivity contribution in [3.05, 3.63) is 176 Å². The number of anilines is 3. The highest BCUT2D eigenvalue weighted by Crippen LogP contribution is 2.46. The molecule has 3 heteroatoms. The van der Waals surface area contributed by atoms with Crippen LogP contribution >= 0.6 is 0 Å². The molecule has 0 fully saturated rings. The van der Waals surface area contributed by atoms with Gasteiger partial charge in [-0.1, -0.05) is 127 Å². The van der Waals surface area contributed by atoms with E-state index < -0.39 is 0 Å². The van der Waals surface area contributed by atoms with Gasteiger partial charge in [-0.2, -0.15) is 0 Å². The average Bonchev–Trinajstić information content (AvgIpc) is 3.78. The maximum atomic E-state index is 2.48. The van der Waals surface area contributed by atoms with Crippen LogP contribution < -0.4 is 4.90 Å². The standard InChI is InChI=1S/C44H29N3/c1-3-12-30(13-4-1)31-22-24-32(25-23-31)33-26-28-35(29-27-33)45(34-14-5-2-6-15-34)41-21-11-17-37-42-36-16-7-8-18-38(36)46-39-19-9-10-20-40(39)47(43(37)41)44(42)46/h1-29H. The first-order valence-electron chi connectivity index (χ1n) is 16.1. The Balaban J connectivity index is 1.18. The number of hydrogen-bond acceptors (Lipinski definition) is 1. The predicted octanol–water partition coefficient (Wildman–Crippen LogP) is 11.9. The van der Waals surface area contributed by atoms with Crippen molar-refractivity contribution < 1.29 is 0 Å². The summed E-state index contributed by atoms with van der Waals surface area (Å²) in [5, 5.41) is 3.85. The molecule has 0 saturated heterocycles. The summed E-state index contributed by atoms with van der Waals surface area (Å²) in [5.74, 6) is 0. The van der Waals surface area contributed by atoms with Crippen molar-refractivity contribution >= 4 is 60.9 Å². The van der Waals surface area contributed by atoms with Gasteiger partial charge in [0, 0.05) is 27.5 Å². The number of nitrogens with zero attached hydrogens (tertiary/aromatic N) is 3. The summed E-state index contributed by atoms with van der Waals surface area (Å²) >= 11 is 0. The van der Waals surface area contributed by atoms with Crippen molar-refractivity contribution in [2.75, 3.05) is 4.90 Å². The zero-order valence-corrected chi connectivity index (χ0v) is 25.6. The van der Waals surface area contributed by atoms with Crippen LogP contribution in [0.4, 0.5) is 17.1 Å². The summed E-state index contributed by atoms with van der Waals surface area (Å²) in [5.41, 5.74) is 14.4. The molecule has 10 rings (SSSR count). The van der Waals surface area contributed by atoms with E-state index >= 15 is 0 Å². The summed E-state index contributed by atoms with van der Waals surface area (Å²) in [7, 11) is 0. The number of rotatable bonds is 5. The van der Waals surface area contributed by atoms with E-state index in [2.05, 4.69) is 190 Å². The Morgan fingerprint density at radius 2 is 0.830 bits per heavy atom. The molecule has 10 aromatic rings. The van der Waals surface area contributed by atoms with E-state index in [4.69, 9.17) is 0 Å². The summed E-state index contributed by atoms with van der Waals surface area (Å²) in [6, 6.07) is 63.5. The van der Waals surface area contributed by atoms with Crippen molar-refractivity contribution in [2.45, 2.75) is 0 Å². The zero-order valence-electron chi connectivity index (χ0n) is 25.6. The lowest BCUT2D eigenvalue weighted by Crippen LogP contribution is -2.10. The Morgan fingerprint density at radius 3 is 1.51 bits per heavy atom. The van der Waals surface area contributed by atoms with E-state index in [9.17, 15) is 0 Å². The lowest BCUT2D eigenvalue weighted by molar-refractivity contribution is 1.25. The highest BCUT2D eigenvalue weighted by molar-refractivity contribution is 6.26. The average molecular weight is 600 g/mol. The van der Waals surface area contributed by atoms with E-state index in [0.29, 0.717) is 0 Å². The van der Waals surface area contributed by atoms with Gasteiger partial charge in [-0.25, -0.2) is 0 Å². The third-order valence-electron chi connectivity index (χ3n) is 9.64. The van der Waals surface area contributed by atoms with Crippen molar-refractivity contribution in [1.29, 1.82) is 0 Å². The van der Waals surface area contributed by atoms with Crippen LogP contribution in [-0.4, -0.2) is 8.80 Å². The molecule has 0 aliphatic rings. The number of hydrogen-bond donors (Lipinski definition) is 0. The Labute approximate surface area is 272 Å². The second kappa shape index (κ2) is 10.1. The number of para-hydroxylation sites is 5. The van der Waals surface area contributed by atoms with Gasteiger partial charge in [-0.05, 0) is 70.8 Å². The molecule has 0 unspecified atom stereocenters. The molecule has 0 saturated carbocycles. The summed E-state index contributed by atoms with van der Waals surface area (Å²) in [6.07, 6.45) is 0. The van der Waals surface area contributed by atoms with E-state index in [1.807, 2.05) is 0 Å². The van der Waals surface area contributed by atoms with Crippen molar-refractivity contribution in [1.82, 2.24) is 8.80 Å². The molecule has 3 nitrogen and oxygen atoms in total. The van der Waals surface area contributed by atoms with Gasteiger partial charge in [0.15, 0.2) is 0 Å². The summed E-state index contributed by atoms with van der Waals surface area (Å²) in [6.45, 7) is 0. The summed E-state index contributed by atoms with van der Waals surface area (Å²) in [4.78, 5) is 2.40. The van der Waals surface area contributed by atoms with E-state index in [1.165, 1.54) is 66.1 Å². The van der Waals surface area contributed by atoms with Crippen LogP contribution in [-0.2, 0) is 0 Å². The number of imidazole rings is 1. The van der Waals surface area contributed by atoms with Gasteiger partial charge in [-0.3, -0.25) is 8.80 Å². The molecular formula is C44H29N3. The minimum absolute atomic E-state index is 1.12. The van der Waals surface area contributed by atoms with E-state index in [1.54, 1.807) is 0 Å². The normalized spacial score (nSPS) is 11.8. The minimum atomic E-state index is 1.12. The van der Waals surface area contributed by atoms with Gasteiger partial charge in [0.1, 0.15) is 5.65 Å². The van der Waals surface area contributed by atoms with Gasteiger partial charge in [-0.15, -0.1) is 0 Å². The molecule has 47 heavy (non-hydrogen) atoms. The fraction of sp³-hybridized carbons (Fsp3) is 0. The van der Waals surface area contributed by atoms with Gasteiger partial charge in [0.2, 0.25) is 0 Å². The maximum Gasteiger partial charge on any atom is 0.131 e. The van der Waals surface area contributed by atoms with Gasteiger partial charge in [0.25, 0.3) is 0 Å². The van der Waals surface area contributed by atoms with Crippen LogP contribution in [0, 0.1) is 0 Å². The molecule has 220 valence electrons. The highest BCUT2D eigenvalue weighted by atomic mass is 15.2. The van der Waals surface area contributed by atoms with E-state index in [-0.39, 0.29) is 0 Å². The fourth-order valence-electron chi connectivity index (χ4n) is 7.57. The smallest absolute Gasteiger partial charge is 0.131 e. The Kier molecular flexibility index (Phi) is 5.57. The molecule has 0 radical (unpaired) electrons. The molecule has 0 amide bonds. The quantitative estimate of drug-likeness (QED) is 0.192. The molecule has 0 atom stereocenters. The molecule has 7 aromatic carbocycles. The topological polar surface area (TPSA) is 12.1 Å². The second-order valence-electron chi connectivity index (χ2n) is 12.2. The van der Waals surface area contributed by atoms with Crippen LogP contribution in [0.3, 0.4) is 0 Å². The van der Waals surface area contributed by atoms with Crippen LogP contribution in [0.1, 0.15) is 0 Å². The number of benzene rings is 7.